The van der Waals surface area contributed by atoms with E-state index in [4.69, 9.17) is 4.42 Å². The smallest absolute Gasteiger partial charge is 0.136 e. The highest BCUT2D eigenvalue weighted by molar-refractivity contribution is 6.29. The number of para-hydroxylation sites is 1. The van der Waals surface area contributed by atoms with E-state index in [0.29, 0.717) is 0 Å². The van der Waals surface area contributed by atoms with Crippen LogP contribution in [-0.2, 0) is 0 Å². The minimum atomic E-state index is -0.266. The molecular formula is C36H20F2O. The van der Waals surface area contributed by atoms with Crippen LogP contribution in [0.1, 0.15) is 0 Å². The molecule has 3 heteroatoms. The third-order valence-electron chi connectivity index (χ3n) is 7.78. The van der Waals surface area contributed by atoms with Gasteiger partial charge >= 0.3 is 0 Å². The second-order valence-corrected chi connectivity index (χ2v) is 9.99. The predicted octanol–water partition coefficient (Wildman–Crippen LogP) is 10.6. The number of furan rings is 1. The van der Waals surface area contributed by atoms with Gasteiger partial charge in [0.2, 0.25) is 0 Å². The van der Waals surface area contributed by atoms with Gasteiger partial charge in [0.1, 0.15) is 23.0 Å². The summed E-state index contributed by atoms with van der Waals surface area (Å²) >= 11 is 0. The Bertz CT molecular complexity index is 2140. The summed E-state index contributed by atoms with van der Waals surface area (Å²) in [4.78, 5) is 0. The molecule has 1 aromatic heterocycles. The van der Waals surface area contributed by atoms with Gasteiger partial charge in [-0.3, -0.25) is 0 Å². The van der Waals surface area contributed by atoms with E-state index in [1.807, 2.05) is 48.5 Å². The fraction of sp³-hybridized carbons (Fsp3) is 0. The Balaban J connectivity index is 1.52. The van der Waals surface area contributed by atoms with Gasteiger partial charge in [-0.05, 0) is 97.0 Å². The SMILES string of the molecule is Fc1ccc(-c2ccc3ccc4c(-c5ccc(F)cc5)cc(-c5cc6ccccc6o5)c5ccc2c3c45)cc1. The van der Waals surface area contributed by atoms with Gasteiger partial charge in [-0.2, -0.15) is 0 Å². The van der Waals surface area contributed by atoms with Crippen molar-refractivity contribution in [1.29, 1.82) is 0 Å². The lowest BCUT2D eigenvalue weighted by Crippen LogP contribution is -1.92. The molecule has 7 aromatic carbocycles. The van der Waals surface area contributed by atoms with Gasteiger partial charge < -0.3 is 4.42 Å². The number of rotatable bonds is 3. The summed E-state index contributed by atoms with van der Waals surface area (Å²) in [6.45, 7) is 0. The summed E-state index contributed by atoms with van der Waals surface area (Å²) < 4.78 is 34.0. The molecule has 0 fully saturated rings. The van der Waals surface area contributed by atoms with Crippen molar-refractivity contribution in [2.75, 3.05) is 0 Å². The van der Waals surface area contributed by atoms with E-state index >= 15 is 0 Å². The Morgan fingerprint density at radius 1 is 0.436 bits per heavy atom. The fourth-order valence-electron chi connectivity index (χ4n) is 5.96. The van der Waals surface area contributed by atoms with Crippen molar-refractivity contribution in [3.8, 4) is 33.6 Å². The predicted molar refractivity (Wildman–Crippen MR) is 156 cm³/mol. The second-order valence-electron chi connectivity index (χ2n) is 9.99. The van der Waals surface area contributed by atoms with Gasteiger partial charge in [-0.25, -0.2) is 8.78 Å². The lowest BCUT2D eigenvalue weighted by atomic mass is 9.85. The average molecular weight is 507 g/mol. The van der Waals surface area contributed by atoms with Gasteiger partial charge in [0.05, 0.1) is 0 Å². The molecule has 0 saturated heterocycles. The van der Waals surface area contributed by atoms with Crippen LogP contribution in [0.2, 0.25) is 0 Å². The first-order chi connectivity index (χ1) is 19.1. The number of benzene rings is 7. The molecule has 0 spiro atoms. The molecule has 0 saturated carbocycles. The van der Waals surface area contributed by atoms with Crippen LogP contribution in [0.3, 0.4) is 0 Å². The van der Waals surface area contributed by atoms with Gasteiger partial charge in [0.25, 0.3) is 0 Å². The zero-order chi connectivity index (χ0) is 26.1. The van der Waals surface area contributed by atoms with E-state index in [0.717, 1.165) is 76.9 Å². The highest BCUT2D eigenvalue weighted by atomic mass is 19.1. The fourth-order valence-corrected chi connectivity index (χ4v) is 5.96. The first-order valence-corrected chi connectivity index (χ1v) is 12.9. The van der Waals surface area contributed by atoms with Crippen molar-refractivity contribution in [3.05, 3.63) is 133 Å². The minimum Gasteiger partial charge on any atom is -0.456 e. The zero-order valence-corrected chi connectivity index (χ0v) is 20.7. The van der Waals surface area contributed by atoms with Crippen LogP contribution in [0.25, 0.3) is 76.9 Å². The maximum atomic E-state index is 13.9. The lowest BCUT2D eigenvalue weighted by Gasteiger charge is -2.18. The van der Waals surface area contributed by atoms with Crippen molar-refractivity contribution in [2.45, 2.75) is 0 Å². The molecular weight excluding hydrogens is 486 g/mol. The summed E-state index contributed by atoms with van der Waals surface area (Å²) in [7, 11) is 0. The molecule has 39 heavy (non-hydrogen) atoms. The van der Waals surface area contributed by atoms with Gasteiger partial charge in [-0.15, -0.1) is 0 Å². The summed E-state index contributed by atoms with van der Waals surface area (Å²) in [6.07, 6.45) is 0. The number of hydrogen-bond donors (Lipinski definition) is 0. The molecule has 0 aliphatic heterocycles. The van der Waals surface area contributed by atoms with E-state index in [2.05, 4.69) is 48.5 Å². The Morgan fingerprint density at radius 2 is 1.03 bits per heavy atom. The van der Waals surface area contributed by atoms with Crippen molar-refractivity contribution in [2.24, 2.45) is 0 Å². The Morgan fingerprint density at radius 3 is 1.74 bits per heavy atom. The number of halogens is 2. The van der Waals surface area contributed by atoms with Crippen LogP contribution < -0.4 is 0 Å². The Kier molecular flexibility index (Phi) is 4.65. The van der Waals surface area contributed by atoms with Crippen molar-refractivity contribution >= 4 is 43.3 Å². The molecule has 0 radical (unpaired) electrons. The van der Waals surface area contributed by atoms with E-state index in [1.54, 1.807) is 0 Å². The molecule has 8 rings (SSSR count). The molecule has 0 bridgehead atoms. The molecule has 1 nitrogen and oxygen atoms in total. The first-order valence-electron chi connectivity index (χ1n) is 12.9. The van der Waals surface area contributed by atoms with Crippen molar-refractivity contribution in [3.63, 3.8) is 0 Å². The maximum absolute atomic E-state index is 13.9. The molecule has 8 aromatic rings. The monoisotopic (exact) mass is 506 g/mol. The zero-order valence-electron chi connectivity index (χ0n) is 20.7. The van der Waals surface area contributed by atoms with Crippen LogP contribution in [0.4, 0.5) is 8.78 Å². The molecule has 0 atom stereocenters. The van der Waals surface area contributed by atoms with E-state index in [1.165, 1.54) is 24.3 Å². The summed E-state index contributed by atoms with van der Waals surface area (Å²) in [5.41, 5.74) is 5.78. The van der Waals surface area contributed by atoms with E-state index < -0.39 is 0 Å². The molecule has 0 unspecified atom stereocenters. The summed E-state index contributed by atoms with van der Waals surface area (Å²) in [5.74, 6) is 0.269. The molecule has 184 valence electrons. The van der Waals surface area contributed by atoms with Gasteiger partial charge in [0.15, 0.2) is 0 Å². The maximum Gasteiger partial charge on any atom is 0.136 e. The third kappa shape index (κ3) is 3.37. The largest absolute Gasteiger partial charge is 0.456 e. The average Bonchev–Trinajstić information content (AvgIpc) is 3.41. The van der Waals surface area contributed by atoms with Gasteiger partial charge in [0, 0.05) is 10.9 Å². The van der Waals surface area contributed by atoms with Crippen molar-refractivity contribution < 1.29 is 13.2 Å². The quantitative estimate of drug-likeness (QED) is 0.217. The van der Waals surface area contributed by atoms with Gasteiger partial charge in [-0.1, -0.05) is 78.9 Å². The number of hydrogen-bond acceptors (Lipinski definition) is 1. The molecule has 0 aliphatic rings. The lowest BCUT2D eigenvalue weighted by molar-refractivity contribution is 0.627. The van der Waals surface area contributed by atoms with Crippen LogP contribution in [0.15, 0.2) is 126 Å². The highest BCUT2D eigenvalue weighted by Gasteiger charge is 2.20. The Labute approximate surface area is 222 Å². The minimum absolute atomic E-state index is 0.254. The standard InChI is InChI=1S/C36H20F2O/c37-25-11-5-21(6-12-25)27-15-9-23-10-16-29-31(22-7-13-26(38)14-8-22)20-32(30-18-17-28(27)35(23)36(29)30)34-19-24-3-1-2-4-33(24)39-34/h1-20H. The number of fused-ring (bicyclic) bond motifs is 1. The summed E-state index contributed by atoms with van der Waals surface area (Å²) in [6, 6.07) is 38.4. The van der Waals surface area contributed by atoms with E-state index in [9.17, 15) is 8.78 Å². The highest BCUT2D eigenvalue weighted by Crippen LogP contribution is 2.46. The molecule has 0 N–H and O–H groups in total. The van der Waals surface area contributed by atoms with Crippen molar-refractivity contribution in [1.82, 2.24) is 0 Å². The molecule has 1 heterocycles. The topological polar surface area (TPSA) is 13.1 Å². The summed E-state index contributed by atoms with van der Waals surface area (Å²) in [5, 5.41) is 7.72. The third-order valence-corrected chi connectivity index (χ3v) is 7.78. The molecule has 0 aliphatic carbocycles. The van der Waals surface area contributed by atoms with Crippen LogP contribution in [0, 0.1) is 11.6 Å². The van der Waals surface area contributed by atoms with E-state index in [-0.39, 0.29) is 11.6 Å². The molecule has 0 amide bonds. The second kappa shape index (κ2) is 8.24. The normalized spacial score (nSPS) is 11.8. The Hall–Kier alpha value is -5.02. The van der Waals surface area contributed by atoms with Crippen LogP contribution >= 0.6 is 0 Å². The first kappa shape index (κ1) is 22.0. The van der Waals surface area contributed by atoms with Crippen LogP contribution in [-0.4, -0.2) is 0 Å². The van der Waals surface area contributed by atoms with Crippen LogP contribution in [0.5, 0.6) is 0 Å².